The normalized spacial score (nSPS) is 15.6. The van der Waals surface area contributed by atoms with Crippen LogP contribution in [0.2, 0.25) is 0 Å². The number of hydrogen-bond donors (Lipinski definition) is 1. The third-order valence-corrected chi connectivity index (χ3v) is 4.85. The summed E-state index contributed by atoms with van der Waals surface area (Å²) in [4.78, 5) is 25.2. The number of piperidine rings is 1. The number of non-ortho nitro benzene ring substituents is 1. The smallest absolute Gasteiger partial charge is 0.270 e. The van der Waals surface area contributed by atoms with Gasteiger partial charge in [-0.1, -0.05) is 0 Å². The van der Waals surface area contributed by atoms with E-state index in [-0.39, 0.29) is 30.0 Å². The van der Waals surface area contributed by atoms with Crippen LogP contribution in [0.5, 0.6) is 0 Å². The van der Waals surface area contributed by atoms with Crippen LogP contribution < -0.4 is 5.73 Å². The molecule has 0 bridgehead atoms. The number of nitro benzene ring substituents is 1. The Kier molecular flexibility index (Phi) is 5.00. The Hall–Kier alpha value is -1.70. The molecule has 1 amide bonds. The standard InChI is InChI=1S/C14H15N3O3S.ClH/c15-10-3-5-16(6-4-10)14(18)13-8-9-7-11(17(19)20)1-2-12(9)21-13;/h1-2,7-8,10H,3-6,15H2;1H. The molecule has 22 heavy (non-hydrogen) atoms. The molecule has 0 unspecified atom stereocenters. The number of likely N-dealkylation sites (tertiary alicyclic amines) is 1. The van der Waals surface area contributed by atoms with Crippen molar-refractivity contribution in [3.63, 3.8) is 0 Å². The monoisotopic (exact) mass is 341 g/mol. The molecule has 118 valence electrons. The Morgan fingerprint density at radius 1 is 1.32 bits per heavy atom. The number of fused-ring (bicyclic) bond motifs is 1. The van der Waals surface area contributed by atoms with Gasteiger partial charge in [0.2, 0.25) is 0 Å². The number of carbonyl (C=O) groups is 1. The number of carbonyl (C=O) groups excluding carboxylic acids is 1. The van der Waals surface area contributed by atoms with E-state index in [4.69, 9.17) is 5.73 Å². The molecule has 1 aliphatic rings. The molecule has 2 heterocycles. The fourth-order valence-corrected chi connectivity index (χ4v) is 3.52. The zero-order valence-electron chi connectivity index (χ0n) is 11.7. The summed E-state index contributed by atoms with van der Waals surface area (Å²) in [5.41, 5.74) is 5.89. The minimum atomic E-state index is -0.426. The van der Waals surface area contributed by atoms with Crippen LogP contribution >= 0.6 is 23.7 Å². The van der Waals surface area contributed by atoms with Gasteiger partial charge in [0.15, 0.2) is 0 Å². The number of nitrogens with two attached hydrogens (primary N) is 1. The highest BCUT2D eigenvalue weighted by Crippen LogP contribution is 2.30. The average molecular weight is 342 g/mol. The van der Waals surface area contributed by atoms with Crippen molar-refractivity contribution in [2.75, 3.05) is 13.1 Å². The minimum absolute atomic E-state index is 0. The van der Waals surface area contributed by atoms with E-state index in [0.29, 0.717) is 18.0 Å². The topological polar surface area (TPSA) is 89.5 Å². The lowest BCUT2D eigenvalue weighted by atomic mass is 10.1. The van der Waals surface area contributed by atoms with Crippen LogP contribution in [0.15, 0.2) is 24.3 Å². The number of hydrogen-bond acceptors (Lipinski definition) is 5. The Bertz CT molecular complexity index is 710. The third-order valence-electron chi connectivity index (χ3n) is 3.75. The molecule has 3 rings (SSSR count). The van der Waals surface area contributed by atoms with Crippen LogP contribution in [-0.4, -0.2) is 34.9 Å². The van der Waals surface area contributed by atoms with Crippen LogP contribution in [0.3, 0.4) is 0 Å². The molecule has 2 aromatic rings. The molecule has 1 fully saturated rings. The van der Waals surface area contributed by atoms with Crippen LogP contribution in [0.1, 0.15) is 22.5 Å². The molecule has 1 aliphatic heterocycles. The molecular weight excluding hydrogens is 326 g/mol. The van der Waals surface area contributed by atoms with Crippen molar-refractivity contribution in [1.82, 2.24) is 4.90 Å². The lowest BCUT2D eigenvalue weighted by molar-refractivity contribution is -0.384. The van der Waals surface area contributed by atoms with Gasteiger partial charge in [-0.2, -0.15) is 0 Å². The van der Waals surface area contributed by atoms with E-state index in [9.17, 15) is 14.9 Å². The van der Waals surface area contributed by atoms with E-state index < -0.39 is 4.92 Å². The number of rotatable bonds is 2. The maximum absolute atomic E-state index is 12.5. The van der Waals surface area contributed by atoms with Gasteiger partial charge in [0.25, 0.3) is 11.6 Å². The fourth-order valence-electron chi connectivity index (χ4n) is 2.51. The first kappa shape index (κ1) is 16.7. The predicted molar refractivity (Wildman–Crippen MR) is 88.8 cm³/mol. The van der Waals surface area contributed by atoms with Gasteiger partial charge in [0.05, 0.1) is 9.80 Å². The fraction of sp³-hybridized carbons (Fsp3) is 0.357. The summed E-state index contributed by atoms with van der Waals surface area (Å²) in [7, 11) is 0. The summed E-state index contributed by atoms with van der Waals surface area (Å²) in [5, 5.41) is 11.5. The van der Waals surface area contributed by atoms with Gasteiger partial charge < -0.3 is 10.6 Å². The third kappa shape index (κ3) is 3.21. The largest absolute Gasteiger partial charge is 0.338 e. The summed E-state index contributed by atoms with van der Waals surface area (Å²) in [6.45, 7) is 1.35. The average Bonchev–Trinajstić information content (AvgIpc) is 2.90. The Labute approximate surface area is 137 Å². The number of halogens is 1. The first-order chi connectivity index (χ1) is 10.0. The van der Waals surface area contributed by atoms with Gasteiger partial charge in [0, 0.05) is 41.4 Å². The highest BCUT2D eigenvalue weighted by Gasteiger charge is 2.23. The van der Waals surface area contributed by atoms with E-state index in [1.54, 1.807) is 12.1 Å². The predicted octanol–water partition coefficient (Wildman–Crippen LogP) is 2.79. The van der Waals surface area contributed by atoms with Crippen molar-refractivity contribution < 1.29 is 9.72 Å². The number of benzene rings is 1. The molecule has 0 spiro atoms. The van der Waals surface area contributed by atoms with Gasteiger partial charge >= 0.3 is 0 Å². The Morgan fingerprint density at radius 2 is 2.00 bits per heavy atom. The van der Waals surface area contributed by atoms with Crippen LogP contribution in [0, 0.1) is 10.1 Å². The van der Waals surface area contributed by atoms with Gasteiger partial charge in [-0.05, 0) is 25.0 Å². The maximum atomic E-state index is 12.5. The Morgan fingerprint density at radius 3 is 2.64 bits per heavy atom. The number of nitrogens with zero attached hydrogens (tertiary/aromatic N) is 2. The zero-order valence-corrected chi connectivity index (χ0v) is 13.4. The molecule has 0 atom stereocenters. The van der Waals surface area contributed by atoms with E-state index in [0.717, 1.165) is 22.9 Å². The van der Waals surface area contributed by atoms with Crippen molar-refractivity contribution in [1.29, 1.82) is 0 Å². The van der Waals surface area contributed by atoms with Crippen molar-refractivity contribution in [2.24, 2.45) is 5.73 Å². The van der Waals surface area contributed by atoms with Crippen LogP contribution in [0.25, 0.3) is 10.1 Å². The maximum Gasteiger partial charge on any atom is 0.270 e. The summed E-state index contributed by atoms with van der Waals surface area (Å²) >= 11 is 1.38. The molecule has 6 nitrogen and oxygen atoms in total. The Balaban J connectivity index is 0.00000176. The van der Waals surface area contributed by atoms with Crippen molar-refractivity contribution in [3.05, 3.63) is 39.3 Å². The molecular formula is C14H16ClN3O3S. The number of amides is 1. The van der Waals surface area contributed by atoms with E-state index in [1.165, 1.54) is 23.5 Å². The van der Waals surface area contributed by atoms with Crippen LogP contribution in [0.4, 0.5) is 5.69 Å². The second kappa shape index (κ2) is 6.60. The molecule has 8 heteroatoms. The molecule has 1 saturated heterocycles. The lowest BCUT2D eigenvalue weighted by Crippen LogP contribution is -2.42. The number of thiophene rings is 1. The van der Waals surface area contributed by atoms with Gasteiger partial charge in [-0.15, -0.1) is 23.7 Å². The van der Waals surface area contributed by atoms with Crippen molar-refractivity contribution in [2.45, 2.75) is 18.9 Å². The minimum Gasteiger partial charge on any atom is -0.338 e. The van der Waals surface area contributed by atoms with E-state index in [2.05, 4.69) is 0 Å². The van der Waals surface area contributed by atoms with Gasteiger partial charge in [-0.25, -0.2) is 0 Å². The first-order valence-corrected chi connectivity index (χ1v) is 7.59. The van der Waals surface area contributed by atoms with Crippen molar-refractivity contribution >= 4 is 45.4 Å². The molecule has 1 aromatic heterocycles. The van der Waals surface area contributed by atoms with E-state index in [1.807, 2.05) is 4.90 Å². The van der Waals surface area contributed by atoms with Crippen molar-refractivity contribution in [3.8, 4) is 0 Å². The molecule has 2 N–H and O–H groups in total. The zero-order chi connectivity index (χ0) is 15.0. The lowest BCUT2D eigenvalue weighted by Gasteiger charge is -2.29. The second-order valence-corrected chi connectivity index (χ2v) is 6.30. The molecule has 0 aliphatic carbocycles. The summed E-state index contributed by atoms with van der Waals surface area (Å²) in [5.74, 6) is -0.00856. The van der Waals surface area contributed by atoms with Gasteiger partial charge in [-0.3, -0.25) is 14.9 Å². The highest BCUT2D eigenvalue weighted by molar-refractivity contribution is 7.20. The SMILES string of the molecule is Cl.NC1CCN(C(=O)c2cc3cc([N+](=O)[O-])ccc3s2)CC1. The molecule has 1 aromatic carbocycles. The molecule has 0 saturated carbocycles. The van der Waals surface area contributed by atoms with E-state index >= 15 is 0 Å². The first-order valence-electron chi connectivity index (χ1n) is 6.77. The summed E-state index contributed by atoms with van der Waals surface area (Å²) in [6.07, 6.45) is 1.64. The molecule has 0 radical (unpaired) electrons. The second-order valence-electron chi connectivity index (χ2n) is 5.22. The number of nitro groups is 1. The highest BCUT2D eigenvalue weighted by atomic mass is 35.5. The van der Waals surface area contributed by atoms with Gasteiger partial charge in [0.1, 0.15) is 0 Å². The quantitative estimate of drug-likeness (QED) is 0.671. The summed E-state index contributed by atoms with van der Waals surface area (Å²) < 4.78 is 0.887. The summed E-state index contributed by atoms with van der Waals surface area (Å²) in [6, 6.07) is 6.59. The van der Waals surface area contributed by atoms with Crippen LogP contribution in [-0.2, 0) is 0 Å².